The van der Waals surface area contributed by atoms with Gasteiger partial charge >= 0.3 is 0 Å². The number of likely N-dealkylation sites (tertiary alicyclic amines) is 1. The lowest BCUT2D eigenvalue weighted by molar-refractivity contribution is 0.121. The van der Waals surface area contributed by atoms with Gasteiger partial charge in [-0.1, -0.05) is 30.7 Å². The van der Waals surface area contributed by atoms with Gasteiger partial charge in [0.2, 0.25) is 0 Å². The predicted molar refractivity (Wildman–Crippen MR) is 89.7 cm³/mol. The molecule has 1 aromatic rings. The van der Waals surface area contributed by atoms with Gasteiger partial charge in [0, 0.05) is 17.1 Å². The highest BCUT2D eigenvalue weighted by atomic mass is 35.5. The molecule has 1 aliphatic heterocycles. The average Bonchev–Trinajstić information content (AvgIpc) is 2.42. The van der Waals surface area contributed by atoms with Gasteiger partial charge in [-0.2, -0.15) is 0 Å². The van der Waals surface area contributed by atoms with Crippen LogP contribution in [0.5, 0.6) is 0 Å². The van der Waals surface area contributed by atoms with Crippen molar-refractivity contribution >= 4 is 24.0 Å². The van der Waals surface area contributed by atoms with Crippen LogP contribution in [0.25, 0.3) is 0 Å². The number of rotatable bonds is 4. The fourth-order valence-corrected chi connectivity index (χ4v) is 3.27. The van der Waals surface area contributed by atoms with Crippen LogP contribution in [0.3, 0.4) is 0 Å². The minimum atomic E-state index is 0. The van der Waals surface area contributed by atoms with Crippen LogP contribution in [-0.4, -0.2) is 24.0 Å². The van der Waals surface area contributed by atoms with Crippen molar-refractivity contribution in [3.05, 3.63) is 34.9 Å². The standard InChI is InChI=1S/C16H25ClN2.ClH/c1-3-16(14-4-6-15(17)7-5-14)19-10-8-13(9-11-19)12(2)18;/h4-7,12-13,16H,3,8-11,18H2,1-2H3;1H. The van der Waals surface area contributed by atoms with Crippen molar-refractivity contribution in [2.75, 3.05) is 13.1 Å². The van der Waals surface area contributed by atoms with Crippen molar-refractivity contribution < 1.29 is 0 Å². The molecule has 2 unspecified atom stereocenters. The minimum Gasteiger partial charge on any atom is -0.328 e. The minimum absolute atomic E-state index is 0. The first-order valence-corrected chi connectivity index (χ1v) is 7.74. The molecule has 1 heterocycles. The molecule has 0 bridgehead atoms. The molecule has 114 valence electrons. The Balaban J connectivity index is 0.00000200. The fourth-order valence-electron chi connectivity index (χ4n) is 3.15. The Bertz CT molecular complexity index is 384. The molecule has 1 aromatic carbocycles. The van der Waals surface area contributed by atoms with Crippen LogP contribution in [0, 0.1) is 5.92 Å². The van der Waals surface area contributed by atoms with Crippen molar-refractivity contribution in [1.29, 1.82) is 0 Å². The van der Waals surface area contributed by atoms with E-state index in [9.17, 15) is 0 Å². The Morgan fingerprint density at radius 2 is 1.80 bits per heavy atom. The lowest BCUT2D eigenvalue weighted by Crippen LogP contribution is -2.41. The van der Waals surface area contributed by atoms with Crippen LogP contribution >= 0.6 is 24.0 Å². The second kappa shape index (κ2) is 8.23. The highest BCUT2D eigenvalue weighted by Crippen LogP contribution is 2.30. The summed E-state index contributed by atoms with van der Waals surface area (Å²) in [5.41, 5.74) is 7.40. The highest BCUT2D eigenvalue weighted by molar-refractivity contribution is 6.30. The number of halogens is 2. The molecule has 2 N–H and O–H groups in total. The molecule has 20 heavy (non-hydrogen) atoms. The third-order valence-electron chi connectivity index (χ3n) is 4.40. The highest BCUT2D eigenvalue weighted by Gasteiger charge is 2.26. The third kappa shape index (κ3) is 4.36. The van der Waals surface area contributed by atoms with Gasteiger partial charge in [-0.25, -0.2) is 0 Å². The Kier molecular flexibility index (Phi) is 7.32. The van der Waals surface area contributed by atoms with Gasteiger partial charge in [-0.3, -0.25) is 4.90 Å². The largest absolute Gasteiger partial charge is 0.328 e. The number of nitrogens with zero attached hydrogens (tertiary/aromatic N) is 1. The van der Waals surface area contributed by atoms with E-state index >= 15 is 0 Å². The summed E-state index contributed by atoms with van der Waals surface area (Å²) in [6.45, 7) is 6.72. The zero-order chi connectivity index (χ0) is 13.8. The van der Waals surface area contributed by atoms with Crippen LogP contribution in [0.2, 0.25) is 5.02 Å². The number of nitrogens with two attached hydrogens (primary N) is 1. The summed E-state index contributed by atoms with van der Waals surface area (Å²) in [5, 5.41) is 0.814. The van der Waals surface area contributed by atoms with E-state index in [0.29, 0.717) is 18.0 Å². The van der Waals surface area contributed by atoms with Crippen molar-refractivity contribution in [2.45, 2.75) is 45.2 Å². The maximum absolute atomic E-state index is 6.02. The smallest absolute Gasteiger partial charge is 0.0406 e. The summed E-state index contributed by atoms with van der Waals surface area (Å²) in [6.07, 6.45) is 3.59. The summed E-state index contributed by atoms with van der Waals surface area (Å²) in [5.74, 6) is 0.693. The molecule has 2 rings (SSSR count). The summed E-state index contributed by atoms with van der Waals surface area (Å²) in [4.78, 5) is 2.60. The van der Waals surface area contributed by atoms with Crippen molar-refractivity contribution in [3.8, 4) is 0 Å². The van der Waals surface area contributed by atoms with Crippen molar-refractivity contribution in [1.82, 2.24) is 4.90 Å². The summed E-state index contributed by atoms with van der Waals surface area (Å²) < 4.78 is 0. The summed E-state index contributed by atoms with van der Waals surface area (Å²) in [7, 11) is 0. The molecule has 1 saturated heterocycles. The van der Waals surface area contributed by atoms with Crippen molar-refractivity contribution in [3.63, 3.8) is 0 Å². The maximum Gasteiger partial charge on any atom is 0.0406 e. The van der Waals surface area contributed by atoms with Gasteiger partial charge in [0.1, 0.15) is 0 Å². The molecule has 4 heteroatoms. The molecular formula is C16H26Cl2N2. The van der Waals surface area contributed by atoms with Gasteiger partial charge in [0.25, 0.3) is 0 Å². The number of hydrogen-bond acceptors (Lipinski definition) is 2. The van der Waals surface area contributed by atoms with Crippen LogP contribution in [0.15, 0.2) is 24.3 Å². The lowest BCUT2D eigenvalue weighted by Gasteiger charge is -2.38. The second-order valence-corrected chi connectivity index (χ2v) is 6.14. The monoisotopic (exact) mass is 316 g/mol. The van der Waals surface area contributed by atoms with Crippen LogP contribution in [0.4, 0.5) is 0 Å². The molecule has 0 aromatic heterocycles. The van der Waals surface area contributed by atoms with Crippen molar-refractivity contribution in [2.24, 2.45) is 11.7 Å². The second-order valence-electron chi connectivity index (χ2n) is 5.71. The molecule has 2 atom stereocenters. The molecule has 0 saturated carbocycles. The normalized spacial score (nSPS) is 20.2. The first-order valence-electron chi connectivity index (χ1n) is 7.37. The zero-order valence-corrected chi connectivity index (χ0v) is 14.0. The van der Waals surface area contributed by atoms with E-state index in [1.54, 1.807) is 0 Å². The molecule has 0 amide bonds. The quantitative estimate of drug-likeness (QED) is 0.898. The van der Waals surface area contributed by atoms with E-state index in [-0.39, 0.29) is 12.4 Å². The Morgan fingerprint density at radius 1 is 1.25 bits per heavy atom. The van der Waals surface area contributed by atoms with E-state index in [1.807, 2.05) is 12.1 Å². The summed E-state index contributed by atoms with van der Waals surface area (Å²) in [6, 6.07) is 9.16. The van der Waals surface area contributed by atoms with Crippen LogP contribution in [-0.2, 0) is 0 Å². The Hall–Kier alpha value is -0.280. The molecule has 2 nitrogen and oxygen atoms in total. The van der Waals surface area contributed by atoms with Crippen LogP contribution < -0.4 is 5.73 Å². The number of hydrogen-bond donors (Lipinski definition) is 1. The predicted octanol–water partition coefficient (Wildman–Crippen LogP) is 4.27. The topological polar surface area (TPSA) is 29.3 Å². The number of piperidine rings is 1. The van der Waals surface area contributed by atoms with Gasteiger partial charge < -0.3 is 5.73 Å². The van der Waals surface area contributed by atoms with Gasteiger partial charge in [0.05, 0.1) is 0 Å². The lowest BCUT2D eigenvalue weighted by atomic mass is 9.89. The molecule has 1 aliphatic rings. The zero-order valence-electron chi connectivity index (χ0n) is 12.4. The van der Waals surface area contributed by atoms with E-state index in [0.717, 1.165) is 24.5 Å². The molecule has 0 radical (unpaired) electrons. The third-order valence-corrected chi connectivity index (χ3v) is 4.65. The average molecular weight is 317 g/mol. The molecule has 0 spiro atoms. The maximum atomic E-state index is 6.02. The first kappa shape index (κ1) is 17.8. The SMILES string of the molecule is CCC(c1ccc(Cl)cc1)N1CCC(C(C)N)CC1.Cl. The van der Waals surface area contributed by atoms with E-state index in [1.165, 1.54) is 18.4 Å². The Labute approximate surface area is 134 Å². The Morgan fingerprint density at radius 3 is 2.25 bits per heavy atom. The van der Waals surface area contributed by atoms with E-state index < -0.39 is 0 Å². The van der Waals surface area contributed by atoms with Crippen LogP contribution in [0.1, 0.15) is 44.7 Å². The molecular weight excluding hydrogens is 291 g/mol. The van der Waals surface area contributed by atoms with Gasteiger partial charge in [-0.15, -0.1) is 12.4 Å². The fraction of sp³-hybridized carbons (Fsp3) is 0.625. The molecule has 0 aliphatic carbocycles. The summed E-state index contributed by atoms with van der Waals surface area (Å²) >= 11 is 5.97. The number of benzene rings is 1. The first-order chi connectivity index (χ1) is 9.11. The van der Waals surface area contributed by atoms with Gasteiger partial charge in [0.15, 0.2) is 0 Å². The molecule has 1 fully saturated rings. The van der Waals surface area contributed by atoms with Gasteiger partial charge in [-0.05, 0) is 62.9 Å². The van der Waals surface area contributed by atoms with E-state index in [2.05, 4.69) is 30.9 Å². The van der Waals surface area contributed by atoms with E-state index in [4.69, 9.17) is 17.3 Å².